The molecule has 0 aromatic heterocycles. The molecule has 106 valence electrons. The van der Waals surface area contributed by atoms with Crippen LogP contribution in [0, 0.1) is 5.82 Å². The second-order valence-electron chi connectivity index (χ2n) is 4.76. The molecule has 0 aliphatic carbocycles. The molecule has 2 aromatic carbocycles. The van der Waals surface area contributed by atoms with Crippen LogP contribution in [0.4, 0.5) is 10.1 Å². The average Bonchev–Trinajstić information content (AvgIpc) is 2.41. The van der Waals surface area contributed by atoms with Gasteiger partial charge in [-0.05, 0) is 38.1 Å². The fourth-order valence-electron chi connectivity index (χ4n) is 1.82. The highest BCUT2D eigenvalue weighted by Gasteiger charge is 2.06. The molecule has 2 aromatic rings. The van der Waals surface area contributed by atoms with Crippen LogP contribution in [-0.2, 0) is 6.54 Å². The molecule has 0 amide bonds. The molecule has 0 unspecified atom stereocenters. The van der Waals surface area contributed by atoms with E-state index in [0.29, 0.717) is 12.2 Å². The minimum absolute atomic E-state index is 0.115. The number of halogens is 2. The smallest absolute Gasteiger partial charge is 0.143 e. The second-order valence-corrected chi connectivity index (χ2v) is 5.16. The molecule has 4 heteroatoms. The number of ether oxygens (including phenoxy) is 1. The molecule has 0 fully saturated rings. The molecule has 0 radical (unpaired) electrons. The van der Waals surface area contributed by atoms with E-state index in [1.807, 2.05) is 38.1 Å². The highest BCUT2D eigenvalue weighted by atomic mass is 35.5. The van der Waals surface area contributed by atoms with Gasteiger partial charge in [0, 0.05) is 17.8 Å². The number of benzene rings is 2. The molecule has 0 atom stereocenters. The van der Waals surface area contributed by atoms with Gasteiger partial charge in [-0.1, -0.05) is 29.8 Å². The molecule has 0 spiro atoms. The Hall–Kier alpha value is -1.74. The molecular weight excluding hydrogens is 277 g/mol. The third-order valence-corrected chi connectivity index (χ3v) is 3.04. The van der Waals surface area contributed by atoms with Gasteiger partial charge in [-0.2, -0.15) is 0 Å². The lowest BCUT2D eigenvalue weighted by atomic mass is 10.2. The topological polar surface area (TPSA) is 21.3 Å². The van der Waals surface area contributed by atoms with E-state index >= 15 is 0 Å². The Morgan fingerprint density at radius 3 is 2.65 bits per heavy atom. The lowest BCUT2D eigenvalue weighted by Crippen LogP contribution is -2.09. The third kappa shape index (κ3) is 3.87. The minimum atomic E-state index is -0.427. The van der Waals surface area contributed by atoms with Crippen LogP contribution in [0.15, 0.2) is 42.5 Å². The van der Waals surface area contributed by atoms with E-state index in [9.17, 15) is 4.39 Å². The fraction of sp³-hybridized carbons (Fsp3) is 0.250. The summed E-state index contributed by atoms with van der Waals surface area (Å²) in [6.07, 6.45) is 0.115. The van der Waals surface area contributed by atoms with E-state index in [1.54, 1.807) is 6.07 Å². The third-order valence-electron chi connectivity index (χ3n) is 2.74. The minimum Gasteiger partial charge on any atom is -0.491 e. The normalized spacial score (nSPS) is 10.7. The van der Waals surface area contributed by atoms with Crippen molar-refractivity contribution in [1.29, 1.82) is 0 Å². The zero-order valence-corrected chi connectivity index (χ0v) is 12.2. The van der Waals surface area contributed by atoms with Crippen molar-refractivity contribution in [3.05, 3.63) is 58.9 Å². The van der Waals surface area contributed by atoms with Crippen molar-refractivity contribution >= 4 is 17.3 Å². The quantitative estimate of drug-likeness (QED) is 0.848. The Kier molecular flexibility index (Phi) is 4.85. The van der Waals surface area contributed by atoms with Crippen molar-refractivity contribution < 1.29 is 9.13 Å². The maximum atomic E-state index is 13.4. The van der Waals surface area contributed by atoms with Crippen LogP contribution in [-0.4, -0.2) is 6.10 Å². The SMILES string of the molecule is CC(C)Oc1ccccc1CNc1ccc(Cl)c(F)c1. The fourth-order valence-corrected chi connectivity index (χ4v) is 1.94. The Labute approximate surface area is 123 Å². The van der Waals surface area contributed by atoms with Crippen LogP contribution < -0.4 is 10.1 Å². The van der Waals surface area contributed by atoms with Crippen LogP contribution >= 0.6 is 11.6 Å². The first-order valence-corrected chi connectivity index (χ1v) is 6.87. The van der Waals surface area contributed by atoms with Crippen molar-refractivity contribution in [2.45, 2.75) is 26.5 Å². The van der Waals surface area contributed by atoms with Crippen molar-refractivity contribution in [2.24, 2.45) is 0 Å². The maximum Gasteiger partial charge on any atom is 0.143 e. The van der Waals surface area contributed by atoms with E-state index < -0.39 is 5.82 Å². The summed E-state index contributed by atoms with van der Waals surface area (Å²) in [4.78, 5) is 0. The Balaban J connectivity index is 2.08. The van der Waals surface area contributed by atoms with Gasteiger partial charge in [0.05, 0.1) is 11.1 Å². The van der Waals surface area contributed by atoms with Gasteiger partial charge in [0.25, 0.3) is 0 Å². The Morgan fingerprint density at radius 2 is 1.95 bits per heavy atom. The van der Waals surface area contributed by atoms with Crippen LogP contribution in [0.2, 0.25) is 5.02 Å². The standard InChI is InChI=1S/C16H17ClFNO/c1-11(2)20-16-6-4-3-5-12(16)10-19-13-7-8-14(17)15(18)9-13/h3-9,11,19H,10H2,1-2H3. The van der Waals surface area contributed by atoms with Gasteiger partial charge in [-0.3, -0.25) is 0 Å². The Morgan fingerprint density at radius 1 is 1.20 bits per heavy atom. The number of para-hydroxylation sites is 1. The number of anilines is 1. The van der Waals surface area contributed by atoms with Crippen molar-refractivity contribution in [1.82, 2.24) is 0 Å². The predicted molar refractivity (Wildman–Crippen MR) is 80.9 cm³/mol. The molecule has 2 nitrogen and oxygen atoms in total. The van der Waals surface area contributed by atoms with Gasteiger partial charge < -0.3 is 10.1 Å². The van der Waals surface area contributed by atoms with Gasteiger partial charge in [0.1, 0.15) is 11.6 Å². The van der Waals surface area contributed by atoms with Gasteiger partial charge in [-0.25, -0.2) is 4.39 Å². The number of nitrogens with one attached hydrogen (secondary N) is 1. The molecule has 0 saturated heterocycles. The molecule has 0 heterocycles. The maximum absolute atomic E-state index is 13.4. The summed E-state index contributed by atoms with van der Waals surface area (Å²) >= 11 is 5.66. The zero-order chi connectivity index (χ0) is 14.5. The summed E-state index contributed by atoms with van der Waals surface area (Å²) in [5.74, 6) is 0.410. The molecular formula is C16H17ClFNO. The zero-order valence-electron chi connectivity index (χ0n) is 11.5. The summed E-state index contributed by atoms with van der Waals surface area (Å²) < 4.78 is 19.1. The van der Waals surface area contributed by atoms with E-state index in [2.05, 4.69) is 5.32 Å². The highest BCUT2D eigenvalue weighted by molar-refractivity contribution is 6.30. The summed E-state index contributed by atoms with van der Waals surface area (Å²) in [5.41, 5.74) is 1.71. The van der Waals surface area contributed by atoms with Gasteiger partial charge >= 0.3 is 0 Å². The molecule has 0 aliphatic rings. The summed E-state index contributed by atoms with van der Waals surface area (Å²) in [6, 6.07) is 12.5. The first-order chi connectivity index (χ1) is 9.56. The molecule has 20 heavy (non-hydrogen) atoms. The van der Waals surface area contributed by atoms with E-state index in [1.165, 1.54) is 12.1 Å². The van der Waals surface area contributed by atoms with Crippen molar-refractivity contribution in [3.63, 3.8) is 0 Å². The highest BCUT2D eigenvalue weighted by Crippen LogP contribution is 2.22. The summed E-state index contributed by atoms with van der Waals surface area (Å²) in [6.45, 7) is 4.53. The van der Waals surface area contributed by atoms with E-state index in [0.717, 1.165) is 11.3 Å². The molecule has 0 saturated carbocycles. The average molecular weight is 294 g/mol. The summed E-state index contributed by atoms with van der Waals surface area (Å²) in [5, 5.41) is 3.29. The van der Waals surface area contributed by atoms with Gasteiger partial charge in [-0.15, -0.1) is 0 Å². The lowest BCUT2D eigenvalue weighted by molar-refractivity contribution is 0.240. The molecule has 0 aliphatic heterocycles. The first kappa shape index (κ1) is 14.7. The van der Waals surface area contributed by atoms with Crippen LogP contribution in [0.5, 0.6) is 5.75 Å². The predicted octanol–water partition coefficient (Wildman–Crippen LogP) is 4.88. The van der Waals surface area contributed by atoms with Crippen LogP contribution in [0.25, 0.3) is 0 Å². The van der Waals surface area contributed by atoms with Crippen molar-refractivity contribution in [2.75, 3.05) is 5.32 Å². The van der Waals surface area contributed by atoms with E-state index in [4.69, 9.17) is 16.3 Å². The molecule has 2 rings (SSSR count). The molecule has 1 N–H and O–H groups in total. The van der Waals surface area contributed by atoms with Gasteiger partial charge in [0.15, 0.2) is 0 Å². The first-order valence-electron chi connectivity index (χ1n) is 6.49. The van der Waals surface area contributed by atoms with Crippen molar-refractivity contribution in [3.8, 4) is 5.75 Å². The lowest BCUT2D eigenvalue weighted by Gasteiger charge is -2.15. The van der Waals surface area contributed by atoms with Crippen LogP contribution in [0.3, 0.4) is 0 Å². The van der Waals surface area contributed by atoms with Gasteiger partial charge in [0.2, 0.25) is 0 Å². The Bertz CT molecular complexity index is 586. The number of hydrogen-bond acceptors (Lipinski definition) is 2. The van der Waals surface area contributed by atoms with E-state index in [-0.39, 0.29) is 11.1 Å². The second kappa shape index (κ2) is 6.62. The number of rotatable bonds is 5. The largest absolute Gasteiger partial charge is 0.491 e. The molecule has 0 bridgehead atoms. The summed E-state index contributed by atoms with van der Waals surface area (Å²) in [7, 11) is 0. The monoisotopic (exact) mass is 293 g/mol. The van der Waals surface area contributed by atoms with Crippen LogP contribution in [0.1, 0.15) is 19.4 Å². The number of hydrogen-bond donors (Lipinski definition) is 1.